The summed E-state index contributed by atoms with van der Waals surface area (Å²) in [6.07, 6.45) is 0. The number of carbonyl (C=O) groups is 1. The van der Waals surface area contributed by atoms with Gasteiger partial charge in [0, 0.05) is 43.0 Å². The van der Waals surface area contributed by atoms with Crippen LogP contribution in [0.5, 0.6) is 0 Å². The van der Waals surface area contributed by atoms with Gasteiger partial charge in [-0.05, 0) is 36.6 Å². The molecular formula is C24H28N4O. The molecule has 0 bridgehead atoms. The van der Waals surface area contributed by atoms with Gasteiger partial charge in [-0.3, -0.25) is 4.79 Å². The number of benzene rings is 2. The van der Waals surface area contributed by atoms with Crippen LogP contribution < -0.4 is 4.90 Å². The summed E-state index contributed by atoms with van der Waals surface area (Å²) in [5, 5.41) is 2.12. The fourth-order valence-electron chi connectivity index (χ4n) is 4.32. The molecule has 1 aliphatic heterocycles. The van der Waals surface area contributed by atoms with Gasteiger partial charge in [-0.1, -0.05) is 50.2 Å². The summed E-state index contributed by atoms with van der Waals surface area (Å²) in [7, 11) is 0. The largest absolute Gasteiger partial charge is 0.353 e. The Bertz CT molecular complexity index is 1050. The molecule has 5 nitrogen and oxygen atoms in total. The Morgan fingerprint density at radius 3 is 2.34 bits per heavy atom. The molecular weight excluding hydrogens is 360 g/mol. The van der Waals surface area contributed by atoms with Crippen LogP contribution in [0.3, 0.4) is 0 Å². The van der Waals surface area contributed by atoms with Crippen LogP contribution in [0.2, 0.25) is 0 Å². The second-order valence-corrected chi connectivity index (χ2v) is 8.05. The molecule has 1 aromatic heterocycles. The first kappa shape index (κ1) is 19.4. The topological polar surface area (TPSA) is 49.3 Å². The fraction of sp³-hybridized carbons (Fsp3) is 0.375. The zero-order valence-electron chi connectivity index (χ0n) is 17.6. The highest BCUT2D eigenvalue weighted by Crippen LogP contribution is 2.29. The molecule has 0 radical (unpaired) electrons. The third-order valence-electron chi connectivity index (χ3n) is 5.69. The standard InChI is InChI=1S/C24H28N4O/c1-16(2)22-17(3)25-18(4)26-23(22)27-12-14-28(15-13-27)24(29)21-11-7-9-19-8-5-6-10-20(19)21/h5-11,16H,12-15H2,1-4H3. The van der Waals surface area contributed by atoms with Crippen molar-refractivity contribution in [2.75, 3.05) is 31.1 Å². The third-order valence-corrected chi connectivity index (χ3v) is 5.69. The summed E-state index contributed by atoms with van der Waals surface area (Å²) in [5.74, 6) is 2.31. The molecule has 0 aliphatic carbocycles. The first-order chi connectivity index (χ1) is 14.0. The van der Waals surface area contributed by atoms with E-state index in [1.165, 1.54) is 5.56 Å². The summed E-state index contributed by atoms with van der Waals surface area (Å²) in [6, 6.07) is 14.0. The quantitative estimate of drug-likeness (QED) is 0.670. The Morgan fingerprint density at radius 1 is 0.931 bits per heavy atom. The Kier molecular flexibility index (Phi) is 5.22. The molecule has 0 saturated carbocycles. The van der Waals surface area contributed by atoms with Crippen LogP contribution in [0.15, 0.2) is 42.5 Å². The lowest BCUT2D eigenvalue weighted by molar-refractivity contribution is 0.0748. The van der Waals surface area contributed by atoms with Gasteiger partial charge >= 0.3 is 0 Å². The van der Waals surface area contributed by atoms with Crippen molar-refractivity contribution in [2.24, 2.45) is 0 Å². The minimum atomic E-state index is 0.112. The van der Waals surface area contributed by atoms with Gasteiger partial charge < -0.3 is 9.80 Å². The number of aromatic nitrogens is 2. The number of aryl methyl sites for hydroxylation is 2. The summed E-state index contributed by atoms with van der Waals surface area (Å²) >= 11 is 0. The van der Waals surface area contributed by atoms with Gasteiger partial charge in [0.05, 0.1) is 0 Å². The van der Waals surface area contributed by atoms with Gasteiger partial charge in [-0.2, -0.15) is 0 Å². The second-order valence-electron chi connectivity index (χ2n) is 8.05. The van der Waals surface area contributed by atoms with E-state index in [0.29, 0.717) is 19.0 Å². The van der Waals surface area contributed by atoms with Crippen molar-refractivity contribution in [2.45, 2.75) is 33.6 Å². The van der Waals surface area contributed by atoms with Crippen LogP contribution in [-0.4, -0.2) is 47.0 Å². The molecule has 4 rings (SSSR count). The molecule has 29 heavy (non-hydrogen) atoms. The van der Waals surface area contributed by atoms with Crippen LogP contribution in [0.1, 0.15) is 47.2 Å². The van der Waals surface area contributed by atoms with Crippen molar-refractivity contribution in [3.8, 4) is 0 Å². The average Bonchev–Trinajstić information content (AvgIpc) is 2.72. The number of hydrogen-bond acceptors (Lipinski definition) is 4. The van der Waals surface area contributed by atoms with Crippen molar-refractivity contribution >= 4 is 22.5 Å². The van der Waals surface area contributed by atoms with E-state index in [-0.39, 0.29) is 5.91 Å². The van der Waals surface area contributed by atoms with Gasteiger partial charge in [0.15, 0.2) is 0 Å². The molecule has 0 unspecified atom stereocenters. The molecule has 1 saturated heterocycles. The highest BCUT2D eigenvalue weighted by molar-refractivity contribution is 6.07. The number of piperazine rings is 1. The molecule has 0 N–H and O–H groups in total. The van der Waals surface area contributed by atoms with E-state index in [1.807, 2.05) is 42.2 Å². The van der Waals surface area contributed by atoms with E-state index in [2.05, 4.69) is 42.8 Å². The predicted molar refractivity (Wildman–Crippen MR) is 118 cm³/mol. The zero-order chi connectivity index (χ0) is 20.5. The zero-order valence-corrected chi connectivity index (χ0v) is 17.6. The van der Waals surface area contributed by atoms with Crippen LogP contribution >= 0.6 is 0 Å². The summed E-state index contributed by atoms with van der Waals surface area (Å²) in [5.41, 5.74) is 3.05. The van der Waals surface area contributed by atoms with E-state index in [0.717, 1.165) is 46.8 Å². The van der Waals surface area contributed by atoms with Crippen molar-refractivity contribution in [3.05, 3.63) is 65.1 Å². The molecule has 0 atom stereocenters. The molecule has 1 fully saturated rings. The number of rotatable bonds is 3. The van der Waals surface area contributed by atoms with Gasteiger partial charge in [0.25, 0.3) is 5.91 Å². The highest BCUT2D eigenvalue weighted by Gasteiger charge is 2.26. The van der Waals surface area contributed by atoms with Crippen molar-refractivity contribution < 1.29 is 4.79 Å². The van der Waals surface area contributed by atoms with Crippen LogP contribution in [0.25, 0.3) is 10.8 Å². The number of nitrogens with zero attached hydrogens (tertiary/aromatic N) is 4. The second kappa shape index (κ2) is 7.82. The normalized spacial score (nSPS) is 14.7. The number of carbonyl (C=O) groups excluding carboxylic acids is 1. The number of hydrogen-bond donors (Lipinski definition) is 0. The van der Waals surface area contributed by atoms with E-state index in [1.54, 1.807) is 0 Å². The number of fused-ring (bicyclic) bond motifs is 1. The molecule has 2 aromatic carbocycles. The molecule has 2 heterocycles. The SMILES string of the molecule is Cc1nc(C)c(C(C)C)c(N2CCN(C(=O)c3cccc4ccccc34)CC2)n1. The lowest BCUT2D eigenvalue weighted by Crippen LogP contribution is -2.49. The average molecular weight is 389 g/mol. The van der Waals surface area contributed by atoms with E-state index in [9.17, 15) is 4.79 Å². The Morgan fingerprint density at radius 2 is 1.62 bits per heavy atom. The van der Waals surface area contributed by atoms with E-state index >= 15 is 0 Å². The van der Waals surface area contributed by atoms with Crippen molar-refractivity contribution in [1.82, 2.24) is 14.9 Å². The lowest BCUT2D eigenvalue weighted by Gasteiger charge is -2.37. The number of amides is 1. The van der Waals surface area contributed by atoms with Gasteiger partial charge in [-0.15, -0.1) is 0 Å². The van der Waals surface area contributed by atoms with Gasteiger partial charge in [0.1, 0.15) is 11.6 Å². The summed E-state index contributed by atoms with van der Waals surface area (Å²) < 4.78 is 0. The molecule has 5 heteroatoms. The van der Waals surface area contributed by atoms with Crippen LogP contribution in [0.4, 0.5) is 5.82 Å². The maximum Gasteiger partial charge on any atom is 0.254 e. The Labute approximate surface area is 172 Å². The molecule has 0 spiro atoms. The third kappa shape index (κ3) is 3.69. The monoisotopic (exact) mass is 388 g/mol. The molecule has 3 aromatic rings. The maximum atomic E-state index is 13.2. The van der Waals surface area contributed by atoms with Crippen molar-refractivity contribution in [3.63, 3.8) is 0 Å². The first-order valence-corrected chi connectivity index (χ1v) is 10.3. The van der Waals surface area contributed by atoms with E-state index in [4.69, 9.17) is 4.98 Å². The minimum Gasteiger partial charge on any atom is -0.353 e. The van der Waals surface area contributed by atoms with Crippen LogP contribution in [0, 0.1) is 13.8 Å². The molecule has 1 amide bonds. The highest BCUT2D eigenvalue weighted by atomic mass is 16.2. The maximum absolute atomic E-state index is 13.2. The fourth-order valence-corrected chi connectivity index (χ4v) is 4.32. The van der Waals surface area contributed by atoms with E-state index < -0.39 is 0 Å². The number of anilines is 1. The van der Waals surface area contributed by atoms with Crippen molar-refractivity contribution in [1.29, 1.82) is 0 Å². The predicted octanol–water partition coefficient (Wildman–Crippen LogP) is 4.33. The Balaban J connectivity index is 1.55. The van der Waals surface area contributed by atoms with Gasteiger partial charge in [0.2, 0.25) is 0 Å². The Hall–Kier alpha value is -2.95. The van der Waals surface area contributed by atoms with Crippen LogP contribution in [-0.2, 0) is 0 Å². The summed E-state index contributed by atoms with van der Waals surface area (Å²) in [6.45, 7) is 11.3. The molecule has 1 aliphatic rings. The van der Waals surface area contributed by atoms with Gasteiger partial charge in [-0.25, -0.2) is 9.97 Å². The minimum absolute atomic E-state index is 0.112. The molecule has 150 valence electrons. The summed E-state index contributed by atoms with van der Waals surface area (Å²) in [4.78, 5) is 26.8. The smallest absolute Gasteiger partial charge is 0.254 e. The first-order valence-electron chi connectivity index (χ1n) is 10.3. The lowest BCUT2D eigenvalue weighted by atomic mass is 10.0.